The highest BCUT2D eigenvalue weighted by atomic mass is 35.5. The number of benzene rings is 1. The third kappa shape index (κ3) is 3.75. The lowest BCUT2D eigenvalue weighted by Gasteiger charge is -2.10. The maximum absolute atomic E-state index is 12.9. The first kappa shape index (κ1) is 18.1. The summed E-state index contributed by atoms with van der Waals surface area (Å²) in [6.07, 6.45) is -3.92. The van der Waals surface area contributed by atoms with E-state index in [4.69, 9.17) is 20.9 Å². The fraction of sp³-hybridized carbons (Fsp3) is 0.176. The van der Waals surface area contributed by atoms with Gasteiger partial charge in [0.05, 0.1) is 19.2 Å². The van der Waals surface area contributed by atoms with Crippen LogP contribution in [-0.4, -0.2) is 16.8 Å². The van der Waals surface area contributed by atoms with E-state index >= 15 is 0 Å². The van der Waals surface area contributed by atoms with Crippen LogP contribution in [0.1, 0.15) is 11.3 Å². The Morgan fingerprint density at radius 1 is 1.23 bits per heavy atom. The Balaban J connectivity index is 1.89. The van der Waals surface area contributed by atoms with E-state index in [-0.39, 0.29) is 12.3 Å². The Morgan fingerprint density at radius 3 is 2.54 bits per heavy atom. The Kier molecular flexibility index (Phi) is 4.78. The number of pyridine rings is 1. The van der Waals surface area contributed by atoms with Gasteiger partial charge >= 0.3 is 6.18 Å². The predicted molar refractivity (Wildman–Crippen MR) is 88.3 cm³/mol. The second-order valence-corrected chi connectivity index (χ2v) is 5.82. The predicted octanol–water partition coefficient (Wildman–Crippen LogP) is 4.23. The van der Waals surface area contributed by atoms with Crippen LogP contribution in [-0.2, 0) is 12.7 Å². The van der Waals surface area contributed by atoms with E-state index in [1.165, 1.54) is 0 Å². The van der Waals surface area contributed by atoms with Gasteiger partial charge in [-0.1, -0.05) is 16.8 Å². The highest BCUT2D eigenvalue weighted by molar-refractivity contribution is 6.30. The van der Waals surface area contributed by atoms with Crippen molar-refractivity contribution >= 4 is 11.6 Å². The molecule has 136 valence electrons. The van der Waals surface area contributed by atoms with Gasteiger partial charge < -0.3 is 13.8 Å². The number of methoxy groups -OCH3 is 1. The molecule has 0 aliphatic rings. The fourth-order valence-corrected chi connectivity index (χ4v) is 2.55. The first-order valence-electron chi connectivity index (χ1n) is 7.35. The van der Waals surface area contributed by atoms with E-state index in [0.717, 1.165) is 10.1 Å². The zero-order valence-corrected chi connectivity index (χ0v) is 14.1. The maximum atomic E-state index is 12.9. The van der Waals surface area contributed by atoms with Crippen molar-refractivity contribution in [3.63, 3.8) is 0 Å². The molecule has 9 heteroatoms. The highest BCUT2D eigenvalue weighted by Crippen LogP contribution is 2.30. The topological polar surface area (TPSA) is 57.3 Å². The molecule has 3 aromatic rings. The van der Waals surface area contributed by atoms with Gasteiger partial charge in [-0.2, -0.15) is 13.2 Å². The molecule has 0 aliphatic carbocycles. The van der Waals surface area contributed by atoms with Crippen LogP contribution in [0.5, 0.6) is 5.75 Å². The van der Waals surface area contributed by atoms with Crippen LogP contribution in [0, 0.1) is 0 Å². The molecule has 0 spiro atoms. The van der Waals surface area contributed by atoms with Crippen molar-refractivity contribution in [3.8, 4) is 17.0 Å². The maximum Gasteiger partial charge on any atom is 0.417 e. The molecule has 0 unspecified atom stereocenters. The van der Waals surface area contributed by atoms with Crippen molar-refractivity contribution in [1.82, 2.24) is 9.72 Å². The smallest absolute Gasteiger partial charge is 0.417 e. The first-order valence-corrected chi connectivity index (χ1v) is 7.73. The average Bonchev–Trinajstić information content (AvgIpc) is 3.06. The second-order valence-electron chi connectivity index (χ2n) is 5.41. The summed E-state index contributed by atoms with van der Waals surface area (Å²) in [6.45, 7) is -0.231. The summed E-state index contributed by atoms with van der Waals surface area (Å²) < 4.78 is 49.7. The summed E-state index contributed by atoms with van der Waals surface area (Å²) in [7, 11) is 1.54. The zero-order chi connectivity index (χ0) is 18.9. The molecule has 0 bridgehead atoms. The molecular weight excluding hydrogens is 373 g/mol. The molecular formula is C17H12ClF3N2O3. The normalized spacial score (nSPS) is 11.6. The number of ether oxygens (including phenoxy) is 1. The number of hydrogen-bond donors (Lipinski definition) is 0. The number of aromatic nitrogens is 2. The Labute approximate surface area is 150 Å². The van der Waals surface area contributed by atoms with E-state index in [1.807, 2.05) is 0 Å². The van der Waals surface area contributed by atoms with E-state index in [9.17, 15) is 18.0 Å². The SMILES string of the molecule is COc1ccc(-c2cc(Cn3cc(C(F)(F)F)cc(Cl)c3=O)on2)cc1. The Bertz CT molecular complexity index is 978. The first-order chi connectivity index (χ1) is 12.3. The Morgan fingerprint density at radius 2 is 1.92 bits per heavy atom. The standard InChI is InChI=1S/C17H12ClF3N2O3/c1-25-12-4-2-10(3-5-12)15-7-13(26-22-15)9-23-8-11(17(19,20)21)6-14(18)16(23)24/h2-8H,9H2,1H3. The molecule has 0 amide bonds. The van der Waals surface area contributed by atoms with E-state index in [0.29, 0.717) is 23.7 Å². The Hall–Kier alpha value is -2.74. The van der Waals surface area contributed by atoms with E-state index in [2.05, 4.69) is 5.16 Å². The molecule has 2 aromatic heterocycles. The number of hydrogen-bond acceptors (Lipinski definition) is 4. The molecule has 2 heterocycles. The number of alkyl halides is 3. The lowest BCUT2D eigenvalue weighted by Crippen LogP contribution is -2.23. The minimum absolute atomic E-state index is 0.216. The van der Waals surface area contributed by atoms with Crippen LogP contribution in [0.2, 0.25) is 5.02 Å². The summed E-state index contributed by atoms with van der Waals surface area (Å²) in [6, 6.07) is 9.13. The fourth-order valence-electron chi connectivity index (χ4n) is 2.32. The van der Waals surface area contributed by atoms with E-state index < -0.39 is 22.3 Å². The quantitative estimate of drug-likeness (QED) is 0.675. The molecule has 0 N–H and O–H groups in total. The molecule has 5 nitrogen and oxygen atoms in total. The van der Waals surface area contributed by atoms with Crippen LogP contribution in [0.15, 0.2) is 51.9 Å². The largest absolute Gasteiger partial charge is 0.497 e. The van der Waals surface area contributed by atoms with Crippen molar-refractivity contribution in [2.24, 2.45) is 0 Å². The summed E-state index contributed by atoms with van der Waals surface area (Å²) >= 11 is 5.63. The van der Waals surface area contributed by atoms with Gasteiger partial charge in [0.1, 0.15) is 16.5 Å². The number of halogens is 4. The molecule has 0 radical (unpaired) electrons. The number of nitrogens with zero attached hydrogens (tertiary/aromatic N) is 2. The van der Waals surface area contributed by atoms with Gasteiger partial charge in [0.2, 0.25) is 0 Å². The molecule has 0 aliphatic heterocycles. The van der Waals surface area contributed by atoms with Crippen LogP contribution >= 0.6 is 11.6 Å². The van der Waals surface area contributed by atoms with Crippen molar-refractivity contribution in [3.05, 3.63) is 69.3 Å². The minimum atomic E-state index is -4.62. The van der Waals surface area contributed by atoms with Gasteiger partial charge in [-0.05, 0) is 30.3 Å². The summed E-state index contributed by atoms with van der Waals surface area (Å²) in [5, 5.41) is 3.36. The molecule has 3 rings (SSSR count). The molecule has 0 saturated carbocycles. The lowest BCUT2D eigenvalue weighted by atomic mass is 10.1. The van der Waals surface area contributed by atoms with Crippen molar-refractivity contribution in [2.75, 3.05) is 7.11 Å². The van der Waals surface area contributed by atoms with Crippen molar-refractivity contribution in [1.29, 1.82) is 0 Å². The average molecular weight is 385 g/mol. The highest BCUT2D eigenvalue weighted by Gasteiger charge is 2.32. The molecule has 26 heavy (non-hydrogen) atoms. The molecule has 0 fully saturated rings. The van der Waals surface area contributed by atoms with Gasteiger partial charge in [0.25, 0.3) is 5.56 Å². The van der Waals surface area contributed by atoms with E-state index in [1.54, 1.807) is 37.4 Å². The molecule has 0 atom stereocenters. The van der Waals surface area contributed by atoms with Crippen LogP contribution in [0.3, 0.4) is 0 Å². The van der Waals surface area contributed by atoms with Gasteiger partial charge in [0, 0.05) is 17.8 Å². The summed E-state index contributed by atoms with van der Waals surface area (Å²) in [5.41, 5.74) is -0.553. The molecule has 1 aromatic carbocycles. The third-order valence-corrected chi connectivity index (χ3v) is 3.91. The van der Waals surface area contributed by atoms with Crippen molar-refractivity contribution in [2.45, 2.75) is 12.7 Å². The monoisotopic (exact) mass is 384 g/mol. The van der Waals surface area contributed by atoms with Crippen LogP contribution in [0.4, 0.5) is 13.2 Å². The third-order valence-electron chi connectivity index (χ3n) is 3.64. The van der Waals surface area contributed by atoms with Gasteiger partial charge in [-0.25, -0.2) is 0 Å². The van der Waals surface area contributed by atoms with Gasteiger partial charge in [0.15, 0.2) is 5.76 Å². The minimum Gasteiger partial charge on any atom is -0.497 e. The second kappa shape index (κ2) is 6.87. The van der Waals surface area contributed by atoms with Crippen LogP contribution < -0.4 is 10.3 Å². The number of rotatable bonds is 4. The molecule has 0 saturated heterocycles. The summed E-state index contributed by atoms with van der Waals surface area (Å²) in [5.74, 6) is 0.885. The lowest BCUT2D eigenvalue weighted by molar-refractivity contribution is -0.138. The zero-order valence-electron chi connectivity index (χ0n) is 13.4. The van der Waals surface area contributed by atoms with Crippen LogP contribution in [0.25, 0.3) is 11.3 Å². The summed E-state index contributed by atoms with van der Waals surface area (Å²) in [4.78, 5) is 12.0. The van der Waals surface area contributed by atoms with Gasteiger partial charge in [-0.3, -0.25) is 4.79 Å². The van der Waals surface area contributed by atoms with Crippen molar-refractivity contribution < 1.29 is 22.4 Å². The van der Waals surface area contributed by atoms with Gasteiger partial charge in [-0.15, -0.1) is 0 Å².